The minimum atomic E-state index is -0.238. The number of benzene rings is 1. The second-order valence-electron chi connectivity index (χ2n) is 4.65. The first-order chi connectivity index (χ1) is 8.70. The number of rotatable bonds is 4. The number of likely N-dealkylation sites (tertiary alicyclic amines) is 1. The summed E-state index contributed by atoms with van der Waals surface area (Å²) in [6.07, 6.45) is -0.0402. The van der Waals surface area contributed by atoms with E-state index in [9.17, 15) is 4.79 Å². The lowest BCUT2D eigenvalue weighted by Crippen LogP contribution is -2.54. The zero-order chi connectivity index (χ0) is 13.0. The molecule has 98 valence electrons. The molecular weight excluding hydrogens is 230 g/mol. The molecule has 0 bridgehead atoms. The van der Waals surface area contributed by atoms with Gasteiger partial charge >= 0.3 is 6.09 Å². The van der Waals surface area contributed by atoms with Crippen molar-refractivity contribution in [2.24, 2.45) is 5.92 Å². The number of ether oxygens (including phenoxy) is 2. The van der Waals surface area contributed by atoms with E-state index in [1.54, 1.807) is 12.0 Å². The van der Waals surface area contributed by atoms with Crippen LogP contribution in [-0.4, -0.2) is 37.3 Å². The topological polar surface area (TPSA) is 38.8 Å². The summed E-state index contributed by atoms with van der Waals surface area (Å²) in [5.41, 5.74) is 1.01. The van der Waals surface area contributed by atoms with Crippen LogP contribution in [0.15, 0.2) is 30.3 Å². The molecule has 4 heteroatoms. The van der Waals surface area contributed by atoms with Crippen molar-refractivity contribution in [3.63, 3.8) is 0 Å². The van der Waals surface area contributed by atoms with Crippen molar-refractivity contribution in [1.29, 1.82) is 0 Å². The largest absolute Gasteiger partial charge is 0.445 e. The van der Waals surface area contributed by atoms with Crippen LogP contribution >= 0.6 is 0 Å². The highest BCUT2D eigenvalue weighted by Crippen LogP contribution is 2.21. The van der Waals surface area contributed by atoms with E-state index < -0.39 is 0 Å². The van der Waals surface area contributed by atoms with Crippen LogP contribution in [0.4, 0.5) is 4.79 Å². The fourth-order valence-corrected chi connectivity index (χ4v) is 1.96. The summed E-state index contributed by atoms with van der Waals surface area (Å²) in [5, 5.41) is 0. The van der Waals surface area contributed by atoms with Crippen LogP contribution in [0.3, 0.4) is 0 Å². The van der Waals surface area contributed by atoms with E-state index in [-0.39, 0.29) is 12.2 Å². The number of carbonyl (C=O) groups is 1. The van der Waals surface area contributed by atoms with Gasteiger partial charge in [0.05, 0.1) is 6.10 Å². The number of amides is 1. The number of hydrogen-bond acceptors (Lipinski definition) is 3. The summed E-state index contributed by atoms with van der Waals surface area (Å²) in [6, 6.07) is 9.70. The monoisotopic (exact) mass is 249 g/mol. The van der Waals surface area contributed by atoms with E-state index in [1.165, 1.54) is 0 Å². The zero-order valence-corrected chi connectivity index (χ0v) is 10.8. The molecule has 0 N–H and O–H groups in total. The standard InChI is InChI=1S/C14H19NO3/c1-11(17-2)13-8-15(9-13)14(16)18-10-12-6-4-3-5-7-12/h3-7,11,13H,8-10H2,1-2H3. The maximum Gasteiger partial charge on any atom is 0.410 e. The summed E-state index contributed by atoms with van der Waals surface area (Å²) in [7, 11) is 1.70. The van der Waals surface area contributed by atoms with Crippen molar-refractivity contribution in [1.82, 2.24) is 4.90 Å². The molecule has 0 spiro atoms. The Bertz CT molecular complexity index is 387. The minimum absolute atomic E-state index is 0.197. The Balaban J connectivity index is 1.71. The van der Waals surface area contributed by atoms with Crippen molar-refractivity contribution >= 4 is 6.09 Å². The molecule has 4 nitrogen and oxygen atoms in total. The van der Waals surface area contributed by atoms with Crippen molar-refractivity contribution in [3.05, 3.63) is 35.9 Å². The smallest absolute Gasteiger partial charge is 0.410 e. The Labute approximate surface area is 107 Å². The molecule has 1 amide bonds. The van der Waals surface area contributed by atoms with E-state index in [0.717, 1.165) is 18.7 Å². The van der Waals surface area contributed by atoms with E-state index in [4.69, 9.17) is 9.47 Å². The lowest BCUT2D eigenvalue weighted by Gasteiger charge is -2.40. The SMILES string of the molecule is COC(C)C1CN(C(=O)OCc2ccccc2)C1. The lowest BCUT2D eigenvalue weighted by atomic mass is 9.95. The maximum atomic E-state index is 11.7. The molecule has 1 aliphatic heterocycles. The molecule has 0 aromatic heterocycles. The van der Waals surface area contributed by atoms with Crippen molar-refractivity contribution in [2.75, 3.05) is 20.2 Å². The van der Waals surface area contributed by atoms with Crippen LogP contribution in [0.1, 0.15) is 12.5 Å². The first-order valence-corrected chi connectivity index (χ1v) is 6.19. The molecule has 2 rings (SSSR count). The van der Waals surface area contributed by atoms with Crippen LogP contribution in [0.25, 0.3) is 0 Å². The molecule has 1 saturated heterocycles. The maximum absolute atomic E-state index is 11.7. The normalized spacial score (nSPS) is 17.1. The van der Waals surface area contributed by atoms with Gasteiger partial charge in [-0.15, -0.1) is 0 Å². The predicted octanol–water partition coefficient (Wildman–Crippen LogP) is 2.29. The van der Waals surface area contributed by atoms with Gasteiger partial charge in [0.2, 0.25) is 0 Å². The van der Waals surface area contributed by atoms with Gasteiger partial charge in [-0.25, -0.2) is 4.79 Å². The summed E-state index contributed by atoms with van der Waals surface area (Å²) in [4.78, 5) is 13.4. The van der Waals surface area contributed by atoms with Gasteiger partial charge in [-0.3, -0.25) is 0 Å². The Morgan fingerprint density at radius 2 is 2.06 bits per heavy atom. The van der Waals surface area contributed by atoms with E-state index in [1.807, 2.05) is 37.3 Å². The molecule has 1 aromatic carbocycles. The third kappa shape index (κ3) is 3.01. The average Bonchev–Trinajstić information content (AvgIpc) is 2.35. The Morgan fingerprint density at radius 3 is 2.67 bits per heavy atom. The number of carbonyl (C=O) groups excluding carboxylic acids is 1. The average molecular weight is 249 g/mol. The molecule has 18 heavy (non-hydrogen) atoms. The van der Waals surface area contributed by atoms with Crippen LogP contribution < -0.4 is 0 Å². The molecule has 0 radical (unpaired) electrons. The molecular formula is C14H19NO3. The molecule has 0 aliphatic carbocycles. The molecule has 1 aliphatic rings. The van der Waals surface area contributed by atoms with E-state index in [2.05, 4.69) is 0 Å². The molecule has 1 heterocycles. The number of methoxy groups -OCH3 is 1. The van der Waals surface area contributed by atoms with Crippen molar-refractivity contribution < 1.29 is 14.3 Å². The summed E-state index contributed by atoms with van der Waals surface area (Å²) in [5.74, 6) is 0.430. The second kappa shape index (κ2) is 5.87. The van der Waals surface area contributed by atoms with Crippen LogP contribution in [0.5, 0.6) is 0 Å². The summed E-state index contributed by atoms with van der Waals surface area (Å²) in [6.45, 7) is 3.81. The molecule has 1 fully saturated rings. The fourth-order valence-electron chi connectivity index (χ4n) is 1.96. The Kier molecular flexibility index (Phi) is 4.20. The molecule has 1 aromatic rings. The van der Waals surface area contributed by atoms with Gasteiger partial charge in [0.1, 0.15) is 6.61 Å². The first-order valence-electron chi connectivity index (χ1n) is 6.19. The lowest BCUT2D eigenvalue weighted by molar-refractivity contribution is -0.0193. The third-order valence-corrected chi connectivity index (χ3v) is 3.41. The van der Waals surface area contributed by atoms with Crippen molar-refractivity contribution in [3.8, 4) is 0 Å². The summed E-state index contributed by atoms with van der Waals surface area (Å²) >= 11 is 0. The van der Waals surface area contributed by atoms with Gasteiger partial charge < -0.3 is 14.4 Å². The van der Waals surface area contributed by atoms with Crippen LogP contribution in [0.2, 0.25) is 0 Å². The molecule has 0 saturated carbocycles. The second-order valence-corrected chi connectivity index (χ2v) is 4.65. The van der Waals surface area contributed by atoms with Crippen LogP contribution in [0, 0.1) is 5.92 Å². The van der Waals surface area contributed by atoms with Gasteiger partial charge in [-0.1, -0.05) is 30.3 Å². The fraction of sp³-hybridized carbons (Fsp3) is 0.500. The van der Waals surface area contributed by atoms with Gasteiger partial charge in [-0.05, 0) is 12.5 Å². The quantitative estimate of drug-likeness (QED) is 0.821. The van der Waals surface area contributed by atoms with Gasteiger partial charge in [0.15, 0.2) is 0 Å². The summed E-state index contributed by atoms with van der Waals surface area (Å²) < 4.78 is 10.5. The predicted molar refractivity (Wildman–Crippen MR) is 68.2 cm³/mol. The minimum Gasteiger partial charge on any atom is -0.445 e. The highest BCUT2D eigenvalue weighted by molar-refractivity contribution is 5.68. The van der Waals surface area contributed by atoms with E-state index >= 15 is 0 Å². The molecule has 1 atom stereocenters. The third-order valence-electron chi connectivity index (χ3n) is 3.41. The highest BCUT2D eigenvalue weighted by atomic mass is 16.6. The zero-order valence-electron chi connectivity index (χ0n) is 10.8. The Hall–Kier alpha value is -1.55. The number of hydrogen-bond donors (Lipinski definition) is 0. The van der Waals surface area contributed by atoms with Crippen LogP contribution in [-0.2, 0) is 16.1 Å². The Morgan fingerprint density at radius 1 is 1.39 bits per heavy atom. The highest BCUT2D eigenvalue weighted by Gasteiger charge is 2.35. The van der Waals surface area contributed by atoms with Crippen molar-refractivity contribution in [2.45, 2.75) is 19.6 Å². The van der Waals surface area contributed by atoms with Gasteiger partial charge in [0.25, 0.3) is 0 Å². The van der Waals surface area contributed by atoms with Gasteiger partial charge in [-0.2, -0.15) is 0 Å². The first kappa shape index (κ1) is 12.9. The number of nitrogens with zero attached hydrogens (tertiary/aromatic N) is 1. The van der Waals surface area contributed by atoms with Gasteiger partial charge in [0, 0.05) is 26.1 Å². The molecule has 1 unspecified atom stereocenters. The van der Waals surface area contributed by atoms with E-state index in [0.29, 0.717) is 12.5 Å².